The maximum absolute atomic E-state index is 12.8. The molecule has 1 aliphatic rings. The zero-order chi connectivity index (χ0) is 15.5. The minimum absolute atomic E-state index is 0.0355. The summed E-state index contributed by atoms with van der Waals surface area (Å²) in [5.74, 6) is 0.0942. The first-order valence-electron chi connectivity index (χ1n) is 6.80. The van der Waals surface area contributed by atoms with Gasteiger partial charge < -0.3 is 9.64 Å². The fourth-order valence-electron chi connectivity index (χ4n) is 2.34. The van der Waals surface area contributed by atoms with Crippen molar-refractivity contribution < 1.29 is 17.9 Å². The zero-order valence-corrected chi connectivity index (χ0v) is 11.7. The molecule has 0 radical (unpaired) electrons. The number of halogens is 3. The van der Waals surface area contributed by atoms with Gasteiger partial charge >= 0.3 is 6.18 Å². The molecule has 4 nitrogen and oxygen atoms in total. The van der Waals surface area contributed by atoms with Crippen LogP contribution in [0.5, 0.6) is 0 Å². The summed E-state index contributed by atoms with van der Waals surface area (Å²) < 4.78 is 43.9. The van der Waals surface area contributed by atoms with Gasteiger partial charge in [0.25, 0.3) is 0 Å². The molecule has 1 fully saturated rings. The molecule has 1 aromatic heterocycles. The summed E-state index contributed by atoms with van der Waals surface area (Å²) in [5, 5.41) is 9.08. The number of morpholine rings is 1. The van der Waals surface area contributed by atoms with E-state index in [1.54, 1.807) is 4.90 Å². The molecule has 0 amide bonds. The number of rotatable bonds is 3. The molecule has 0 spiro atoms. The van der Waals surface area contributed by atoms with Gasteiger partial charge in [0.2, 0.25) is 0 Å². The second kappa shape index (κ2) is 6.31. The van der Waals surface area contributed by atoms with Crippen molar-refractivity contribution in [1.82, 2.24) is 4.98 Å². The zero-order valence-electron chi connectivity index (χ0n) is 11.7. The number of hydrogen-bond acceptors (Lipinski definition) is 4. The van der Waals surface area contributed by atoms with Gasteiger partial charge in [-0.15, -0.1) is 0 Å². The molecular formula is C14H16F3N3O. The number of alkyl halides is 3. The second-order valence-corrected chi connectivity index (χ2v) is 4.90. The van der Waals surface area contributed by atoms with E-state index >= 15 is 0 Å². The molecule has 0 N–H and O–H groups in total. The summed E-state index contributed by atoms with van der Waals surface area (Å²) in [6.45, 7) is 3.33. The van der Waals surface area contributed by atoms with Gasteiger partial charge in [-0.3, -0.25) is 0 Å². The van der Waals surface area contributed by atoms with Crippen LogP contribution in [0.4, 0.5) is 19.0 Å². The van der Waals surface area contributed by atoms with Crippen molar-refractivity contribution in [3.8, 4) is 6.07 Å². The van der Waals surface area contributed by atoms with E-state index < -0.39 is 11.9 Å². The molecule has 2 rings (SSSR count). The molecule has 1 atom stereocenters. The quantitative estimate of drug-likeness (QED) is 0.861. The fourth-order valence-corrected chi connectivity index (χ4v) is 2.34. The Kier molecular flexibility index (Phi) is 4.68. The highest BCUT2D eigenvalue weighted by molar-refractivity contribution is 5.55. The molecular weight excluding hydrogens is 283 g/mol. The monoisotopic (exact) mass is 299 g/mol. The van der Waals surface area contributed by atoms with Crippen LogP contribution in [0, 0.1) is 11.3 Å². The van der Waals surface area contributed by atoms with Crippen LogP contribution in [0.2, 0.25) is 0 Å². The van der Waals surface area contributed by atoms with Crippen LogP contribution in [0.25, 0.3) is 0 Å². The Morgan fingerprint density at radius 1 is 1.48 bits per heavy atom. The molecule has 1 aromatic rings. The van der Waals surface area contributed by atoms with E-state index in [0.717, 1.165) is 18.9 Å². The SMILES string of the molecule is CCCC1CN(c2nc(C(F)(F)F)ccc2C#N)CCO1. The number of nitrogens with zero attached hydrogens (tertiary/aromatic N) is 3. The topological polar surface area (TPSA) is 49.2 Å². The molecule has 1 unspecified atom stereocenters. The highest BCUT2D eigenvalue weighted by Gasteiger charge is 2.34. The van der Waals surface area contributed by atoms with Crippen LogP contribution in [0.1, 0.15) is 31.0 Å². The molecule has 114 valence electrons. The lowest BCUT2D eigenvalue weighted by Crippen LogP contribution is -2.43. The normalized spacial score (nSPS) is 19.4. The number of nitriles is 1. The average Bonchev–Trinajstić information content (AvgIpc) is 2.46. The van der Waals surface area contributed by atoms with E-state index in [0.29, 0.717) is 19.7 Å². The lowest BCUT2D eigenvalue weighted by molar-refractivity contribution is -0.141. The summed E-state index contributed by atoms with van der Waals surface area (Å²) in [7, 11) is 0. The first kappa shape index (κ1) is 15.6. The predicted molar refractivity (Wildman–Crippen MR) is 70.8 cm³/mol. The lowest BCUT2D eigenvalue weighted by atomic mass is 10.1. The molecule has 0 aromatic carbocycles. The predicted octanol–water partition coefficient (Wildman–Crippen LogP) is 2.98. The van der Waals surface area contributed by atoms with Crippen LogP contribution in [0.15, 0.2) is 12.1 Å². The Bertz CT molecular complexity index is 537. The van der Waals surface area contributed by atoms with E-state index in [4.69, 9.17) is 10.00 Å². The minimum Gasteiger partial charge on any atom is -0.375 e. The highest BCUT2D eigenvalue weighted by atomic mass is 19.4. The molecule has 1 aliphatic heterocycles. The molecule has 0 bridgehead atoms. The van der Waals surface area contributed by atoms with Gasteiger partial charge in [-0.25, -0.2) is 4.98 Å². The second-order valence-electron chi connectivity index (χ2n) is 4.90. The minimum atomic E-state index is -4.52. The van der Waals surface area contributed by atoms with Crippen molar-refractivity contribution in [2.24, 2.45) is 0 Å². The maximum Gasteiger partial charge on any atom is 0.433 e. The van der Waals surface area contributed by atoms with E-state index in [-0.39, 0.29) is 17.5 Å². The Morgan fingerprint density at radius 3 is 2.86 bits per heavy atom. The van der Waals surface area contributed by atoms with Gasteiger partial charge in [0.05, 0.1) is 18.3 Å². The van der Waals surface area contributed by atoms with Crippen molar-refractivity contribution >= 4 is 5.82 Å². The van der Waals surface area contributed by atoms with Gasteiger partial charge in [0, 0.05) is 13.1 Å². The van der Waals surface area contributed by atoms with E-state index in [1.807, 2.05) is 13.0 Å². The molecule has 7 heteroatoms. The number of anilines is 1. The Labute approximate surface area is 121 Å². The Balaban J connectivity index is 2.30. The standard InChI is InChI=1S/C14H16F3N3O/c1-2-3-11-9-20(6-7-21-11)13-10(8-18)4-5-12(19-13)14(15,16)17/h4-5,11H,2-3,6-7,9H2,1H3. The number of aromatic nitrogens is 1. The van der Waals surface area contributed by atoms with Gasteiger partial charge in [-0.2, -0.15) is 18.4 Å². The van der Waals surface area contributed by atoms with Crippen LogP contribution >= 0.6 is 0 Å². The van der Waals surface area contributed by atoms with Crippen molar-refractivity contribution in [1.29, 1.82) is 5.26 Å². The summed E-state index contributed by atoms with van der Waals surface area (Å²) in [4.78, 5) is 5.36. The lowest BCUT2D eigenvalue weighted by Gasteiger charge is -2.34. The van der Waals surface area contributed by atoms with E-state index in [1.165, 1.54) is 6.07 Å². The number of pyridine rings is 1. The first-order valence-corrected chi connectivity index (χ1v) is 6.80. The van der Waals surface area contributed by atoms with Crippen molar-refractivity contribution in [3.05, 3.63) is 23.4 Å². The Hall–Kier alpha value is -1.81. The largest absolute Gasteiger partial charge is 0.433 e. The molecule has 2 heterocycles. The van der Waals surface area contributed by atoms with Gasteiger partial charge in [-0.1, -0.05) is 13.3 Å². The molecule has 1 saturated heterocycles. The summed E-state index contributed by atoms with van der Waals surface area (Å²) >= 11 is 0. The van der Waals surface area contributed by atoms with Gasteiger partial charge in [0.15, 0.2) is 0 Å². The van der Waals surface area contributed by atoms with Crippen LogP contribution in [-0.4, -0.2) is 30.8 Å². The first-order chi connectivity index (χ1) is 9.95. The maximum atomic E-state index is 12.8. The number of hydrogen-bond donors (Lipinski definition) is 0. The van der Waals surface area contributed by atoms with Gasteiger partial charge in [0.1, 0.15) is 17.6 Å². The van der Waals surface area contributed by atoms with Crippen molar-refractivity contribution in [2.75, 3.05) is 24.6 Å². The molecule has 21 heavy (non-hydrogen) atoms. The van der Waals surface area contributed by atoms with E-state index in [2.05, 4.69) is 4.98 Å². The van der Waals surface area contributed by atoms with E-state index in [9.17, 15) is 13.2 Å². The summed E-state index contributed by atoms with van der Waals surface area (Å²) in [6, 6.07) is 3.92. The van der Waals surface area contributed by atoms with Crippen molar-refractivity contribution in [3.63, 3.8) is 0 Å². The Morgan fingerprint density at radius 2 is 2.24 bits per heavy atom. The van der Waals surface area contributed by atoms with Crippen LogP contribution in [-0.2, 0) is 10.9 Å². The third kappa shape index (κ3) is 3.64. The summed E-state index contributed by atoms with van der Waals surface area (Å²) in [5.41, 5.74) is -0.824. The number of ether oxygens (including phenoxy) is 1. The average molecular weight is 299 g/mol. The fraction of sp³-hybridized carbons (Fsp3) is 0.571. The van der Waals surface area contributed by atoms with Crippen molar-refractivity contribution in [2.45, 2.75) is 32.0 Å². The molecule has 0 saturated carbocycles. The third-order valence-electron chi connectivity index (χ3n) is 3.33. The van der Waals surface area contributed by atoms with Gasteiger partial charge in [-0.05, 0) is 18.6 Å². The third-order valence-corrected chi connectivity index (χ3v) is 3.33. The summed E-state index contributed by atoms with van der Waals surface area (Å²) in [6.07, 6.45) is -2.79. The van der Waals surface area contributed by atoms with Crippen LogP contribution in [0.3, 0.4) is 0 Å². The molecule has 0 aliphatic carbocycles. The highest BCUT2D eigenvalue weighted by Crippen LogP contribution is 2.31. The smallest absolute Gasteiger partial charge is 0.375 e. The van der Waals surface area contributed by atoms with Crippen LogP contribution < -0.4 is 4.90 Å².